The summed E-state index contributed by atoms with van der Waals surface area (Å²) < 4.78 is 31.1. The van der Waals surface area contributed by atoms with Crippen molar-refractivity contribution < 1.29 is 17.9 Å². The van der Waals surface area contributed by atoms with E-state index in [1.165, 1.54) is 7.11 Å². The summed E-state index contributed by atoms with van der Waals surface area (Å²) in [6.45, 7) is 4.12. The van der Waals surface area contributed by atoms with E-state index in [0.717, 1.165) is 21.7 Å². The van der Waals surface area contributed by atoms with Gasteiger partial charge in [0, 0.05) is 6.54 Å². The van der Waals surface area contributed by atoms with Crippen LogP contribution in [0.1, 0.15) is 24.5 Å². The Morgan fingerprint density at radius 3 is 2.37 bits per heavy atom. The van der Waals surface area contributed by atoms with Gasteiger partial charge in [-0.2, -0.15) is 0 Å². The van der Waals surface area contributed by atoms with Crippen LogP contribution in [-0.4, -0.2) is 33.7 Å². The summed E-state index contributed by atoms with van der Waals surface area (Å²) in [6.07, 6.45) is 1.45. The number of hydrogen-bond donors (Lipinski definition) is 1. The summed E-state index contributed by atoms with van der Waals surface area (Å²) >= 11 is 0. The molecule has 1 N–H and O–H groups in total. The van der Waals surface area contributed by atoms with Crippen molar-refractivity contribution in [3.63, 3.8) is 0 Å². The van der Waals surface area contributed by atoms with Crippen LogP contribution < -0.4 is 14.4 Å². The number of amides is 1. The molecule has 0 aliphatic heterocycles. The lowest BCUT2D eigenvalue weighted by atomic mass is 10.1. The van der Waals surface area contributed by atoms with Crippen LogP contribution in [0.25, 0.3) is 0 Å². The first-order valence-electron chi connectivity index (χ1n) is 8.73. The monoisotopic (exact) mass is 390 g/mol. The van der Waals surface area contributed by atoms with E-state index < -0.39 is 16.1 Å². The molecule has 1 unspecified atom stereocenters. The minimum atomic E-state index is -3.65. The third-order valence-electron chi connectivity index (χ3n) is 4.21. The lowest BCUT2D eigenvalue weighted by Gasteiger charge is -2.30. The fourth-order valence-corrected chi connectivity index (χ4v) is 4.13. The van der Waals surface area contributed by atoms with Crippen molar-refractivity contribution in [3.05, 3.63) is 59.7 Å². The van der Waals surface area contributed by atoms with Gasteiger partial charge in [-0.25, -0.2) is 8.42 Å². The highest BCUT2D eigenvalue weighted by atomic mass is 32.2. The predicted octanol–water partition coefficient (Wildman–Crippen LogP) is 2.86. The number of methoxy groups -OCH3 is 1. The molecule has 6 nitrogen and oxygen atoms in total. The third-order valence-corrected chi connectivity index (χ3v) is 5.39. The number of rotatable bonds is 8. The maximum atomic E-state index is 12.8. The molecule has 0 bridgehead atoms. The number of nitrogens with one attached hydrogen (secondary N) is 1. The Morgan fingerprint density at radius 1 is 1.19 bits per heavy atom. The highest BCUT2D eigenvalue weighted by molar-refractivity contribution is 7.92. The van der Waals surface area contributed by atoms with E-state index in [4.69, 9.17) is 4.74 Å². The van der Waals surface area contributed by atoms with Crippen LogP contribution >= 0.6 is 0 Å². The summed E-state index contributed by atoms with van der Waals surface area (Å²) in [4.78, 5) is 12.8. The van der Waals surface area contributed by atoms with Crippen LogP contribution in [0, 0.1) is 6.92 Å². The Morgan fingerprint density at radius 2 is 1.85 bits per heavy atom. The van der Waals surface area contributed by atoms with Crippen molar-refractivity contribution >= 4 is 21.6 Å². The number of benzene rings is 2. The first-order valence-corrected chi connectivity index (χ1v) is 10.6. The van der Waals surface area contributed by atoms with Crippen molar-refractivity contribution in [3.8, 4) is 5.75 Å². The maximum Gasteiger partial charge on any atom is 0.244 e. The molecule has 2 rings (SSSR count). The topological polar surface area (TPSA) is 75.7 Å². The molecular weight excluding hydrogens is 364 g/mol. The number of nitrogens with zero attached hydrogens (tertiary/aromatic N) is 1. The molecule has 27 heavy (non-hydrogen) atoms. The van der Waals surface area contributed by atoms with Crippen LogP contribution in [0.3, 0.4) is 0 Å². The van der Waals surface area contributed by atoms with Crippen molar-refractivity contribution in [1.82, 2.24) is 5.32 Å². The number of ether oxygens (including phenoxy) is 1. The molecule has 1 atom stereocenters. The summed E-state index contributed by atoms with van der Waals surface area (Å²) in [7, 11) is -2.11. The first kappa shape index (κ1) is 20.8. The van der Waals surface area contributed by atoms with Gasteiger partial charge in [0.25, 0.3) is 0 Å². The zero-order chi connectivity index (χ0) is 20.0. The average Bonchev–Trinajstić information content (AvgIpc) is 2.63. The number of sulfonamides is 1. The largest absolute Gasteiger partial charge is 0.497 e. The summed E-state index contributed by atoms with van der Waals surface area (Å²) in [5.41, 5.74) is 2.49. The Hall–Kier alpha value is -2.54. The van der Waals surface area contributed by atoms with Crippen molar-refractivity contribution in [2.75, 3.05) is 17.7 Å². The van der Waals surface area contributed by atoms with Crippen LogP contribution in [0.5, 0.6) is 5.75 Å². The van der Waals surface area contributed by atoms with Crippen LogP contribution in [0.15, 0.2) is 48.5 Å². The average molecular weight is 391 g/mol. The molecule has 2 aromatic carbocycles. The van der Waals surface area contributed by atoms with Gasteiger partial charge in [0.15, 0.2) is 0 Å². The Labute approximate surface area is 161 Å². The lowest BCUT2D eigenvalue weighted by Crippen LogP contribution is -2.49. The molecular formula is C20H26N2O4S. The SMILES string of the molecule is CCC(C(=O)NCc1cccc(C)c1)N(c1ccc(OC)cc1)S(C)(=O)=O. The van der Waals surface area contributed by atoms with E-state index in [-0.39, 0.29) is 5.91 Å². The molecule has 0 aliphatic carbocycles. The quantitative estimate of drug-likeness (QED) is 0.752. The van der Waals surface area contributed by atoms with Gasteiger partial charge in [0.05, 0.1) is 19.1 Å². The van der Waals surface area contributed by atoms with E-state index in [1.54, 1.807) is 31.2 Å². The van der Waals surface area contributed by atoms with E-state index in [9.17, 15) is 13.2 Å². The van der Waals surface area contributed by atoms with Crippen LogP contribution in [0.4, 0.5) is 5.69 Å². The standard InChI is InChI=1S/C20H26N2O4S/c1-5-19(20(23)21-14-16-8-6-7-15(2)13-16)22(27(4,24)25)17-9-11-18(26-3)12-10-17/h6-13,19H,5,14H2,1-4H3,(H,21,23). The summed E-state index contributed by atoms with van der Waals surface area (Å²) in [5, 5.41) is 2.85. The van der Waals surface area contributed by atoms with Gasteiger partial charge in [-0.05, 0) is 43.2 Å². The molecule has 0 fully saturated rings. The molecule has 0 saturated heterocycles. The third kappa shape index (κ3) is 5.47. The van der Waals surface area contributed by atoms with Gasteiger partial charge in [-0.15, -0.1) is 0 Å². The first-order chi connectivity index (χ1) is 12.8. The molecule has 0 heterocycles. The second-order valence-corrected chi connectivity index (χ2v) is 8.25. The smallest absolute Gasteiger partial charge is 0.244 e. The molecule has 146 valence electrons. The fourth-order valence-electron chi connectivity index (χ4n) is 2.92. The van der Waals surface area contributed by atoms with Crippen molar-refractivity contribution in [1.29, 1.82) is 0 Å². The molecule has 7 heteroatoms. The summed E-state index contributed by atoms with van der Waals surface area (Å²) in [5.74, 6) is 0.282. The zero-order valence-corrected chi connectivity index (χ0v) is 16.9. The second-order valence-electron chi connectivity index (χ2n) is 6.39. The van der Waals surface area contributed by atoms with Crippen LogP contribution in [0.2, 0.25) is 0 Å². The Balaban J connectivity index is 2.24. The molecule has 0 spiro atoms. The fraction of sp³-hybridized carbons (Fsp3) is 0.350. The zero-order valence-electron chi connectivity index (χ0n) is 16.1. The van der Waals surface area contributed by atoms with Gasteiger partial charge in [0.1, 0.15) is 11.8 Å². The highest BCUT2D eigenvalue weighted by Crippen LogP contribution is 2.25. The summed E-state index contributed by atoms with van der Waals surface area (Å²) in [6, 6.07) is 13.6. The molecule has 0 radical (unpaired) electrons. The van der Waals surface area contributed by atoms with Gasteiger partial charge < -0.3 is 10.1 Å². The van der Waals surface area contributed by atoms with Crippen molar-refractivity contribution in [2.45, 2.75) is 32.9 Å². The molecule has 0 aromatic heterocycles. The van der Waals surface area contributed by atoms with Gasteiger partial charge in [0.2, 0.25) is 15.9 Å². The lowest BCUT2D eigenvalue weighted by molar-refractivity contribution is -0.122. The van der Waals surface area contributed by atoms with E-state index in [1.807, 2.05) is 31.2 Å². The van der Waals surface area contributed by atoms with Gasteiger partial charge in [-0.1, -0.05) is 36.8 Å². The van der Waals surface area contributed by atoms with E-state index >= 15 is 0 Å². The van der Waals surface area contributed by atoms with Crippen LogP contribution in [-0.2, 0) is 21.4 Å². The second kappa shape index (κ2) is 8.90. The minimum Gasteiger partial charge on any atom is -0.497 e. The molecule has 2 aromatic rings. The predicted molar refractivity (Wildman–Crippen MR) is 107 cm³/mol. The maximum absolute atomic E-state index is 12.8. The van der Waals surface area contributed by atoms with Crippen molar-refractivity contribution in [2.24, 2.45) is 0 Å². The van der Waals surface area contributed by atoms with E-state index in [0.29, 0.717) is 24.4 Å². The number of aryl methyl sites for hydroxylation is 1. The number of carbonyl (C=O) groups excluding carboxylic acids is 1. The van der Waals surface area contributed by atoms with E-state index in [2.05, 4.69) is 5.32 Å². The normalized spacial score (nSPS) is 12.3. The number of carbonyl (C=O) groups is 1. The number of anilines is 1. The van der Waals surface area contributed by atoms with Gasteiger partial charge >= 0.3 is 0 Å². The minimum absolute atomic E-state index is 0.333. The number of hydrogen-bond acceptors (Lipinski definition) is 4. The molecule has 0 aliphatic rings. The Kier molecular flexibility index (Phi) is 6.85. The Bertz CT molecular complexity index is 879. The molecule has 0 saturated carbocycles. The van der Waals surface area contributed by atoms with Gasteiger partial charge in [-0.3, -0.25) is 9.10 Å². The molecule has 1 amide bonds. The highest BCUT2D eigenvalue weighted by Gasteiger charge is 2.31.